The third kappa shape index (κ3) is 4.06. The van der Waals surface area contributed by atoms with Gasteiger partial charge in [0.15, 0.2) is 0 Å². The van der Waals surface area contributed by atoms with E-state index in [1.807, 2.05) is 43.3 Å². The standard InChI is InChI=1S/C21H21N3O2/c1-15-8-9-18(22-14-15)23-20(25)19-16(2)10-12-24(21(19)26)13-11-17-6-4-3-5-7-17/h3-10,12,14H,11,13H2,1-2H3,(H,22,23,25). The number of amides is 1. The lowest BCUT2D eigenvalue weighted by Crippen LogP contribution is -2.30. The molecule has 0 aliphatic heterocycles. The molecule has 1 amide bonds. The Labute approximate surface area is 152 Å². The molecule has 2 aromatic heterocycles. The molecular formula is C21H21N3O2. The first kappa shape index (κ1) is 17.6. The van der Waals surface area contributed by atoms with Gasteiger partial charge in [0.2, 0.25) is 0 Å². The average molecular weight is 347 g/mol. The fourth-order valence-corrected chi connectivity index (χ4v) is 2.73. The van der Waals surface area contributed by atoms with Crippen LogP contribution in [0.5, 0.6) is 0 Å². The topological polar surface area (TPSA) is 64.0 Å². The van der Waals surface area contributed by atoms with Crippen molar-refractivity contribution in [3.05, 3.63) is 93.5 Å². The van der Waals surface area contributed by atoms with Crippen molar-refractivity contribution in [1.29, 1.82) is 0 Å². The van der Waals surface area contributed by atoms with E-state index in [1.54, 1.807) is 36.0 Å². The highest BCUT2D eigenvalue weighted by Gasteiger charge is 2.16. The maximum Gasteiger partial charge on any atom is 0.263 e. The Morgan fingerprint density at radius 2 is 1.85 bits per heavy atom. The second-order valence-corrected chi connectivity index (χ2v) is 6.28. The number of hydrogen-bond donors (Lipinski definition) is 1. The largest absolute Gasteiger partial charge is 0.315 e. The van der Waals surface area contributed by atoms with Crippen LogP contribution in [0.15, 0.2) is 65.7 Å². The summed E-state index contributed by atoms with van der Waals surface area (Å²) in [6, 6.07) is 15.3. The highest BCUT2D eigenvalue weighted by Crippen LogP contribution is 2.09. The zero-order valence-corrected chi connectivity index (χ0v) is 14.9. The Balaban J connectivity index is 1.81. The molecular weight excluding hydrogens is 326 g/mol. The van der Waals surface area contributed by atoms with Crippen LogP contribution in [0.4, 0.5) is 5.82 Å². The van der Waals surface area contributed by atoms with Gasteiger partial charge in [0.05, 0.1) is 0 Å². The summed E-state index contributed by atoms with van der Waals surface area (Å²) in [6.45, 7) is 4.21. The number of aromatic nitrogens is 2. The molecule has 132 valence electrons. The van der Waals surface area contributed by atoms with Crippen molar-refractivity contribution < 1.29 is 4.79 Å². The number of pyridine rings is 2. The van der Waals surface area contributed by atoms with Crippen molar-refractivity contribution in [3.8, 4) is 0 Å². The minimum atomic E-state index is -0.432. The summed E-state index contributed by atoms with van der Waals surface area (Å²) >= 11 is 0. The van der Waals surface area contributed by atoms with E-state index in [0.717, 1.165) is 17.5 Å². The number of carbonyl (C=O) groups excluding carboxylic acids is 1. The van der Waals surface area contributed by atoms with Gasteiger partial charge in [-0.15, -0.1) is 0 Å². The molecule has 0 fully saturated rings. The summed E-state index contributed by atoms with van der Waals surface area (Å²) < 4.78 is 1.58. The van der Waals surface area contributed by atoms with Crippen molar-refractivity contribution in [2.45, 2.75) is 26.8 Å². The van der Waals surface area contributed by atoms with E-state index >= 15 is 0 Å². The smallest absolute Gasteiger partial charge is 0.263 e. The van der Waals surface area contributed by atoms with E-state index < -0.39 is 5.91 Å². The molecule has 0 unspecified atom stereocenters. The van der Waals surface area contributed by atoms with Gasteiger partial charge in [0, 0.05) is 18.9 Å². The Hall–Kier alpha value is -3.21. The Morgan fingerprint density at radius 1 is 1.08 bits per heavy atom. The molecule has 5 nitrogen and oxygen atoms in total. The van der Waals surface area contributed by atoms with Crippen LogP contribution in [0.3, 0.4) is 0 Å². The first-order chi connectivity index (χ1) is 12.5. The van der Waals surface area contributed by atoms with E-state index in [4.69, 9.17) is 0 Å². The zero-order chi connectivity index (χ0) is 18.5. The average Bonchev–Trinajstić information content (AvgIpc) is 2.64. The molecule has 3 aromatic rings. The lowest BCUT2D eigenvalue weighted by atomic mass is 10.1. The maximum atomic E-state index is 12.8. The molecule has 0 aliphatic carbocycles. The molecule has 1 aromatic carbocycles. The molecule has 1 N–H and O–H groups in total. The molecule has 0 radical (unpaired) electrons. The third-order valence-corrected chi connectivity index (χ3v) is 4.24. The fourth-order valence-electron chi connectivity index (χ4n) is 2.73. The van der Waals surface area contributed by atoms with Gasteiger partial charge in [0.25, 0.3) is 11.5 Å². The number of hydrogen-bond acceptors (Lipinski definition) is 3. The lowest BCUT2D eigenvalue weighted by Gasteiger charge is -2.11. The Kier molecular flexibility index (Phi) is 5.27. The number of nitrogens with zero attached hydrogens (tertiary/aromatic N) is 2. The van der Waals surface area contributed by atoms with Crippen molar-refractivity contribution >= 4 is 11.7 Å². The van der Waals surface area contributed by atoms with Crippen LogP contribution >= 0.6 is 0 Å². The van der Waals surface area contributed by atoms with Crippen molar-refractivity contribution in [1.82, 2.24) is 9.55 Å². The summed E-state index contributed by atoms with van der Waals surface area (Å²) in [7, 11) is 0. The number of rotatable bonds is 5. The first-order valence-corrected chi connectivity index (χ1v) is 8.52. The molecule has 0 saturated heterocycles. The SMILES string of the molecule is Cc1ccc(NC(=O)c2c(C)ccn(CCc3ccccc3)c2=O)nc1. The second kappa shape index (κ2) is 7.78. The number of anilines is 1. The van der Waals surface area contributed by atoms with Crippen molar-refractivity contribution in [3.63, 3.8) is 0 Å². The van der Waals surface area contributed by atoms with E-state index in [-0.39, 0.29) is 11.1 Å². The number of carbonyl (C=O) groups is 1. The van der Waals surface area contributed by atoms with Crippen LogP contribution in [-0.2, 0) is 13.0 Å². The molecule has 3 rings (SSSR count). The first-order valence-electron chi connectivity index (χ1n) is 8.52. The predicted octanol–water partition coefficient (Wildman–Crippen LogP) is 3.36. The van der Waals surface area contributed by atoms with E-state index in [0.29, 0.717) is 17.9 Å². The van der Waals surface area contributed by atoms with Crippen molar-refractivity contribution in [2.24, 2.45) is 0 Å². The Bertz CT molecular complexity index is 961. The summed E-state index contributed by atoms with van der Waals surface area (Å²) in [6.07, 6.45) is 4.14. The highest BCUT2D eigenvalue weighted by atomic mass is 16.2. The summed E-state index contributed by atoms with van der Waals surface area (Å²) in [5, 5.41) is 2.70. The third-order valence-electron chi connectivity index (χ3n) is 4.24. The molecule has 0 saturated carbocycles. The van der Waals surface area contributed by atoms with Crippen LogP contribution in [0.2, 0.25) is 0 Å². The van der Waals surface area contributed by atoms with Gasteiger partial charge in [-0.2, -0.15) is 0 Å². The van der Waals surface area contributed by atoms with Crippen LogP contribution in [0, 0.1) is 13.8 Å². The molecule has 26 heavy (non-hydrogen) atoms. The van der Waals surface area contributed by atoms with Gasteiger partial charge in [-0.05, 0) is 49.1 Å². The minimum absolute atomic E-state index is 0.155. The minimum Gasteiger partial charge on any atom is -0.315 e. The van der Waals surface area contributed by atoms with Gasteiger partial charge in [-0.3, -0.25) is 9.59 Å². The Morgan fingerprint density at radius 3 is 2.54 bits per heavy atom. The van der Waals surface area contributed by atoms with E-state index in [9.17, 15) is 9.59 Å². The van der Waals surface area contributed by atoms with Gasteiger partial charge in [0.1, 0.15) is 11.4 Å². The van der Waals surface area contributed by atoms with Crippen LogP contribution in [-0.4, -0.2) is 15.5 Å². The van der Waals surface area contributed by atoms with E-state index in [1.165, 1.54) is 0 Å². The molecule has 0 aliphatic rings. The molecule has 0 spiro atoms. The van der Waals surface area contributed by atoms with Crippen molar-refractivity contribution in [2.75, 3.05) is 5.32 Å². The number of aryl methyl sites for hydroxylation is 4. The van der Waals surface area contributed by atoms with Gasteiger partial charge >= 0.3 is 0 Å². The van der Waals surface area contributed by atoms with Crippen LogP contribution in [0.1, 0.15) is 27.0 Å². The van der Waals surface area contributed by atoms with E-state index in [2.05, 4.69) is 10.3 Å². The fraction of sp³-hybridized carbons (Fsp3) is 0.190. The van der Waals surface area contributed by atoms with Crippen LogP contribution < -0.4 is 10.9 Å². The highest BCUT2D eigenvalue weighted by molar-refractivity contribution is 6.04. The predicted molar refractivity (Wildman–Crippen MR) is 103 cm³/mol. The number of nitrogens with one attached hydrogen (secondary N) is 1. The normalized spacial score (nSPS) is 10.5. The number of benzene rings is 1. The molecule has 2 heterocycles. The quantitative estimate of drug-likeness (QED) is 0.770. The van der Waals surface area contributed by atoms with Gasteiger partial charge in [-0.1, -0.05) is 36.4 Å². The molecule has 0 atom stereocenters. The zero-order valence-electron chi connectivity index (χ0n) is 14.9. The second-order valence-electron chi connectivity index (χ2n) is 6.28. The van der Waals surface area contributed by atoms with Crippen LogP contribution in [0.25, 0.3) is 0 Å². The molecule has 5 heteroatoms. The maximum absolute atomic E-state index is 12.8. The summed E-state index contributed by atoms with van der Waals surface area (Å²) in [5.74, 6) is -0.00278. The molecule has 0 bridgehead atoms. The summed E-state index contributed by atoms with van der Waals surface area (Å²) in [5.41, 5.74) is 2.67. The summed E-state index contributed by atoms with van der Waals surface area (Å²) in [4.78, 5) is 29.5. The monoisotopic (exact) mass is 347 g/mol. The van der Waals surface area contributed by atoms with Gasteiger partial charge in [-0.25, -0.2) is 4.98 Å². The lowest BCUT2D eigenvalue weighted by molar-refractivity contribution is 0.102. The van der Waals surface area contributed by atoms with Gasteiger partial charge < -0.3 is 9.88 Å².